The fourth-order valence-corrected chi connectivity index (χ4v) is 5.25. The molecular formula is C26H41FN2O6S. The number of alkyl carbamates (subject to hydrolysis) is 1. The number of hydrogen-bond acceptors (Lipinski definition) is 6. The minimum Gasteiger partial charge on any atom is -0.489 e. The van der Waals surface area contributed by atoms with Gasteiger partial charge in [-0.05, 0) is 57.4 Å². The molecule has 0 unspecified atom stereocenters. The van der Waals surface area contributed by atoms with Crippen LogP contribution in [0.25, 0.3) is 0 Å². The Labute approximate surface area is 215 Å². The predicted molar refractivity (Wildman–Crippen MR) is 138 cm³/mol. The number of nitrogens with one attached hydrogen (secondary N) is 1. The Balaban J connectivity index is 2.75. The van der Waals surface area contributed by atoms with Gasteiger partial charge in [0.15, 0.2) is 9.84 Å². The number of carbonyl (C=O) groups is 2. The third-order valence-corrected chi connectivity index (χ3v) is 7.16. The van der Waals surface area contributed by atoms with E-state index in [1.165, 1.54) is 24.3 Å². The summed E-state index contributed by atoms with van der Waals surface area (Å²) < 4.78 is 49.9. The lowest BCUT2D eigenvalue weighted by molar-refractivity contribution is -0.135. The first kappa shape index (κ1) is 31.4. The summed E-state index contributed by atoms with van der Waals surface area (Å²) in [4.78, 5) is 25.9. The Morgan fingerprint density at radius 1 is 1.11 bits per heavy atom. The highest BCUT2D eigenvalue weighted by Crippen LogP contribution is 2.26. The van der Waals surface area contributed by atoms with E-state index in [4.69, 9.17) is 9.47 Å². The summed E-state index contributed by atoms with van der Waals surface area (Å²) in [6.45, 7) is 14.9. The third-order valence-electron chi connectivity index (χ3n) is 5.01. The summed E-state index contributed by atoms with van der Waals surface area (Å²) in [5, 5.41) is 2.45. The van der Waals surface area contributed by atoms with Crippen LogP contribution in [0, 0.1) is 11.3 Å². The number of amides is 2. The molecule has 1 rings (SSSR count). The molecule has 0 aromatic heterocycles. The zero-order valence-electron chi connectivity index (χ0n) is 22.7. The molecule has 0 saturated carbocycles. The molecule has 0 spiro atoms. The molecule has 0 bridgehead atoms. The van der Waals surface area contributed by atoms with Gasteiger partial charge >= 0.3 is 6.09 Å². The van der Waals surface area contributed by atoms with Crippen molar-refractivity contribution in [3.8, 4) is 5.75 Å². The molecule has 0 saturated heterocycles. The molecule has 204 valence electrons. The number of carbonyl (C=O) groups excluding carboxylic acids is 2. The van der Waals surface area contributed by atoms with Gasteiger partial charge in [0.25, 0.3) is 0 Å². The molecule has 1 N–H and O–H groups in total. The smallest absolute Gasteiger partial charge is 0.407 e. The summed E-state index contributed by atoms with van der Waals surface area (Å²) in [6.07, 6.45) is -0.322. The molecule has 8 nitrogen and oxygen atoms in total. The van der Waals surface area contributed by atoms with Gasteiger partial charge in [0.05, 0.1) is 17.0 Å². The Kier molecular flexibility index (Phi) is 11.4. The normalized spacial score (nSPS) is 12.9. The standard InChI is InChI=1S/C26H41FN2O6S/c1-9-29(23(30)19(2)3)17-26(7,8)18-36(32,33)22-12-10-21(11-13-22)34-16-20(14-27)15-28-24(31)35-25(4,5)6/h10-14,19H,9,15-18H2,1-8H3,(H,28,31)/b20-14+. The molecule has 36 heavy (non-hydrogen) atoms. The first-order valence-electron chi connectivity index (χ1n) is 12.0. The molecule has 0 fully saturated rings. The van der Waals surface area contributed by atoms with Crippen LogP contribution in [0.4, 0.5) is 9.18 Å². The minimum absolute atomic E-state index is 0.00697. The SMILES string of the molecule is CCN(CC(C)(C)CS(=O)(=O)c1ccc(OC/C(=C/F)CNC(=O)OC(C)(C)C)cc1)C(=O)C(C)C. The molecule has 10 heteroatoms. The molecule has 1 aromatic carbocycles. The van der Waals surface area contributed by atoms with Crippen molar-refractivity contribution in [2.45, 2.75) is 65.9 Å². The van der Waals surface area contributed by atoms with Crippen molar-refractivity contribution in [3.63, 3.8) is 0 Å². The van der Waals surface area contributed by atoms with Crippen LogP contribution in [-0.2, 0) is 19.4 Å². The topological polar surface area (TPSA) is 102 Å². The number of rotatable bonds is 12. The van der Waals surface area contributed by atoms with Gasteiger partial charge in [-0.3, -0.25) is 4.79 Å². The summed E-state index contributed by atoms with van der Waals surface area (Å²) in [7, 11) is -3.63. The maximum absolute atomic E-state index is 13.2. The van der Waals surface area contributed by atoms with Crippen molar-refractivity contribution in [2.24, 2.45) is 11.3 Å². The largest absolute Gasteiger partial charge is 0.489 e. The Morgan fingerprint density at radius 2 is 1.69 bits per heavy atom. The van der Waals surface area contributed by atoms with Crippen LogP contribution in [0.5, 0.6) is 5.75 Å². The average Bonchev–Trinajstić information content (AvgIpc) is 2.75. The van der Waals surface area contributed by atoms with Crippen molar-refractivity contribution in [1.82, 2.24) is 10.2 Å². The number of halogens is 1. The van der Waals surface area contributed by atoms with Gasteiger partial charge in [-0.2, -0.15) is 0 Å². The van der Waals surface area contributed by atoms with Crippen LogP contribution in [0.3, 0.4) is 0 Å². The Bertz CT molecular complexity index is 1010. The third kappa shape index (κ3) is 11.0. The lowest BCUT2D eigenvalue weighted by Gasteiger charge is -2.33. The molecule has 0 aliphatic rings. The van der Waals surface area contributed by atoms with Crippen LogP contribution in [-0.4, -0.2) is 62.9 Å². The zero-order chi connectivity index (χ0) is 27.7. The molecule has 2 amide bonds. The Morgan fingerprint density at radius 3 is 2.17 bits per heavy atom. The molecule has 0 atom stereocenters. The van der Waals surface area contributed by atoms with E-state index in [1.807, 2.05) is 34.6 Å². The van der Waals surface area contributed by atoms with E-state index in [1.54, 1.807) is 25.7 Å². The highest BCUT2D eigenvalue weighted by Gasteiger charge is 2.31. The highest BCUT2D eigenvalue weighted by molar-refractivity contribution is 7.91. The number of benzene rings is 1. The first-order valence-corrected chi connectivity index (χ1v) is 13.6. The summed E-state index contributed by atoms with van der Waals surface area (Å²) >= 11 is 0. The summed E-state index contributed by atoms with van der Waals surface area (Å²) in [5.41, 5.74) is -1.15. The number of nitrogens with zero attached hydrogens (tertiary/aromatic N) is 1. The summed E-state index contributed by atoms with van der Waals surface area (Å²) in [5.74, 6) is 0.0513. The second-order valence-corrected chi connectivity index (χ2v) is 12.8. The number of sulfone groups is 1. The van der Waals surface area contributed by atoms with Crippen molar-refractivity contribution < 1.29 is 31.9 Å². The van der Waals surface area contributed by atoms with Crippen molar-refractivity contribution in [1.29, 1.82) is 0 Å². The summed E-state index contributed by atoms with van der Waals surface area (Å²) in [6, 6.07) is 5.88. The maximum Gasteiger partial charge on any atom is 0.407 e. The average molecular weight is 529 g/mol. The van der Waals surface area contributed by atoms with E-state index in [0.29, 0.717) is 25.2 Å². The molecule has 1 aromatic rings. The second kappa shape index (κ2) is 13.1. The monoisotopic (exact) mass is 528 g/mol. The lowest BCUT2D eigenvalue weighted by atomic mass is 9.95. The molecule has 0 radical (unpaired) electrons. The Hall–Kier alpha value is -2.62. The minimum atomic E-state index is -3.63. The maximum atomic E-state index is 13.2. The van der Waals surface area contributed by atoms with Gasteiger partial charge in [-0.15, -0.1) is 0 Å². The fraction of sp³-hybridized carbons (Fsp3) is 0.615. The van der Waals surface area contributed by atoms with Crippen LogP contribution < -0.4 is 10.1 Å². The van der Waals surface area contributed by atoms with Gasteiger partial charge in [0, 0.05) is 31.1 Å². The van der Waals surface area contributed by atoms with Crippen molar-refractivity contribution in [3.05, 3.63) is 36.2 Å². The number of ether oxygens (including phenoxy) is 2. The van der Waals surface area contributed by atoms with E-state index in [2.05, 4.69) is 5.32 Å². The fourth-order valence-electron chi connectivity index (χ4n) is 3.41. The van der Waals surface area contributed by atoms with Crippen LogP contribution in [0.2, 0.25) is 0 Å². The van der Waals surface area contributed by atoms with Gasteiger partial charge < -0.3 is 19.7 Å². The lowest BCUT2D eigenvalue weighted by Crippen LogP contribution is -2.43. The first-order chi connectivity index (χ1) is 16.5. The zero-order valence-corrected chi connectivity index (χ0v) is 23.5. The van der Waals surface area contributed by atoms with Gasteiger partial charge in [-0.25, -0.2) is 17.6 Å². The molecule has 0 heterocycles. The van der Waals surface area contributed by atoms with Crippen LogP contribution in [0.1, 0.15) is 55.4 Å². The van der Waals surface area contributed by atoms with E-state index in [0.717, 1.165) is 0 Å². The second-order valence-electron chi connectivity index (χ2n) is 10.8. The highest BCUT2D eigenvalue weighted by atomic mass is 32.2. The molecular weight excluding hydrogens is 487 g/mol. The van der Waals surface area contributed by atoms with Crippen LogP contribution in [0.15, 0.2) is 41.1 Å². The van der Waals surface area contributed by atoms with Gasteiger partial charge in [0.2, 0.25) is 5.91 Å². The van der Waals surface area contributed by atoms with Gasteiger partial charge in [-0.1, -0.05) is 27.7 Å². The molecule has 0 aliphatic heterocycles. The van der Waals surface area contributed by atoms with E-state index in [9.17, 15) is 22.4 Å². The van der Waals surface area contributed by atoms with E-state index < -0.39 is 26.9 Å². The van der Waals surface area contributed by atoms with Gasteiger partial charge in [0.1, 0.15) is 18.0 Å². The van der Waals surface area contributed by atoms with Crippen LogP contribution >= 0.6 is 0 Å². The quantitative estimate of drug-likeness (QED) is 0.420. The van der Waals surface area contributed by atoms with E-state index >= 15 is 0 Å². The predicted octanol–water partition coefficient (Wildman–Crippen LogP) is 4.75. The van der Waals surface area contributed by atoms with E-state index in [-0.39, 0.29) is 41.2 Å². The van der Waals surface area contributed by atoms with Crippen molar-refractivity contribution in [2.75, 3.05) is 32.0 Å². The number of hydrogen-bond donors (Lipinski definition) is 1. The molecule has 0 aliphatic carbocycles. The van der Waals surface area contributed by atoms with Crippen molar-refractivity contribution >= 4 is 21.8 Å².